The summed E-state index contributed by atoms with van der Waals surface area (Å²) in [5.74, 6) is -0.250. The van der Waals surface area contributed by atoms with E-state index in [1.807, 2.05) is 37.8 Å². The van der Waals surface area contributed by atoms with Gasteiger partial charge >= 0.3 is 11.9 Å². The van der Waals surface area contributed by atoms with E-state index in [0.717, 1.165) is 25.0 Å². The third kappa shape index (κ3) is 8.52. The molecule has 10 heteroatoms. The molecule has 246 valence electrons. The van der Waals surface area contributed by atoms with E-state index in [4.69, 9.17) is 18.9 Å². The van der Waals surface area contributed by atoms with Crippen LogP contribution in [0.3, 0.4) is 0 Å². The van der Waals surface area contributed by atoms with Gasteiger partial charge in [-0.2, -0.15) is 0 Å². The minimum Gasteiger partial charge on any atom is -0.497 e. The van der Waals surface area contributed by atoms with Crippen molar-refractivity contribution < 1.29 is 38.4 Å². The van der Waals surface area contributed by atoms with Crippen LogP contribution in [0.4, 0.5) is 0 Å². The summed E-state index contributed by atoms with van der Waals surface area (Å²) in [5.41, 5.74) is -0.588. The largest absolute Gasteiger partial charge is 0.497 e. The number of aliphatic hydroxyl groups excluding tert-OH is 1. The summed E-state index contributed by atoms with van der Waals surface area (Å²) >= 11 is 0. The average molecular weight is 617 g/mol. The van der Waals surface area contributed by atoms with Gasteiger partial charge in [0.15, 0.2) is 0 Å². The van der Waals surface area contributed by atoms with Crippen molar-refractivity contribution in [2.24, 2.45) is 22.7 Å². The highest BCUT2D eigenvalue weighted by molar-refractivity contribution is 5.87. The van der Waals surface area contributed by atoms with Crippen molar-refractivity contribution in [2.45, 2.75) is 97.6 Å². The molecule has 0 radical (unpaired) electrons. The van der Waals surface area contributed by atoms with Gasteiger partial charge in [-0.05, 0) is 43.6 Å². The second-order valence-electron chi connectivity index (χ2n) is 13.9. The van der Waals surface area contributed by atoms with Crippen LogP contribution in [0.1, 0.15) is 79.1 Å². The van der Waals surface area contributed by atoms with Gasteiger partial charge in [-0.15, -0.1) is 0 Å². The van der Waals surface area contributed by atoms with Crippen LogP contribution in [0.2, 0.25) is 0 Å². The maximum atomic E-state index is 14.0. The molecule has 4 bridgehead atoms. The monoisotopic (exact) mass is 616 g/mol. The van der Waals surface area contributed by atoms with Gasteiger partial charge in [0.2, 0.25) is 12.3 Å². The molecular formula is C34H52N2O8. The van der Waals surface area contributed by atoms with Gasteiger partial charge < -0.3 is 29.0 Å². The molecule has 2 saturated heterocycles. The Labute approximate surface area is 262 Å². The first-order chi connectivity index (χ1) is 20.9. The number of rotatable bonds is 1. The van der Waals surface area contributed by atoms with Crippen molar-refractivity contribution in [1.82, 2.24) is 9.80 Å². The molecule has 0 aromatic heterocycles. The maximum absolute atomic E-state index is 14.0. The first-order valence-corrected chi connectivity index (χ1v) is 16.2. The number of hydrogen-bond acceptors (Lipinski definition) is 9. The Morgan fingerprint density at radius 3 is 2.59 bits per heavy atom. The number of methoxy groups -OCH3 is 1. The predicted octanol–water partition coefficient (Wildman–Crippen LogP) is 4.34. The van der Waals surface area contributed by atoms with Crippen LogP contribution in [0.15, 0.2) is 36.1 Å². The van der Waals surface area contributed by atoms with Crippen molar-refractivity contribution in [2.75, 3.05) is 40.0 Å². The number of hydrogen-bond donors (Lipinski definition) is 1. The van der Waals surface area contributed by atoms with E-state index >= 15 is 0 Å². The fourth-order valence-corrected chi connectivity index (χ4v) is 6.88. The molecule has 7 unspecified atom stereocenters. The normalized spacial score (nSPS) is 34.8. The zero-order valence-electron chi connectivity index (χ0n) is 27.2. The summed E-state index contributed by atoms with van der Waals surface area (Å²) in [6.07, 6.45) is 13.4. The molecule has 0 aromatic carbocycles. The first kappa shape index (κ1) is 34.2. The van der Waals surface area contributed by atoms with Gasteiger partial charge in [-0.1, -0.05) is 58.4 Å². The molecule has 44 heavy (non-hydrogen) atoms. The lowest BCUT2D eigenvalue weighted by Gasteiger charge is -2.35. The van der Waals surface area contributed by atoms with Crippen molar-refractivity contribution in [3.05, 3.63) is 36.1 Å². The molecule has 1 amide bonds. The van der Waals surface area contributed by atoms with Crippen LogP contribution in [-0.4, -0.2) is 91.3 Å². The number of esters is 2. The Morgan fingerprint density at radius 2 is 1.84 bits per heavy atom. The zero-order chi connectivity index (χ0) is 31.9. The molecular weight excluding hydrogens is 564 g/mol. The van der Waals surface area contributed by atoms with Crippen LogP contribution in [0.25, 0.3) is 0 Å². The minimum absolute atomic E-state index is 0.0657. The lowest BCUT2D eigenvalue weighted by molar-refractivity contribution is -0.211. The highest BCUT2D eigenvalue weighted by atomic mass is 16.6. The second-order valence-corrected chi connectivity index (χ2v) is 13.9. The molecule has 7 atom stereocenters. The highest BCUT2D eigenvalue weighted by Crippen LogP contribution is 2.45. The lowest BCUT2D eigenvalue weighted by Crippen LogP contribution is -2.47. The van der Waals surface area contributed by atoms with Crippen molar-refractivity contribution in [3.8, 4) is 0 Å². The number of carbonyl (C=O) groups excluding carboxylic acids is 3. The van der Waals surface area contributed by atoms with E-state index < -0.39 is 24.5 Å². The van der Waals surface area contributed by atoms with Gasteiger partial charge in [0.25, 0.3) is 0 Å². The van der Waals surface area contributed by atoms with Gasteiger partial charge in [-0.25, -0.2) is 4.79 Å². The summed E-state index contributed by atoms with van der Waals surface area (Å²) in [5, 5.41) is 11.2. The van der Waals surface area contributed by atoms with Crippen LogP contribution in [0.5, 0.6) is 0 Å². The molecule has 1 N–H and O–H groups in total. The Morgan fingerprint density at radius 1 is 1.07 bits per heavy atom. The van der Waals surface area contributed by atoms with Gasteiger partial charge in [0.05, 0.1) is 26.4 Å². The third-order valence-corrected chi connectivity index (χ3v) is 9.45. The lowest BCUT2D eigenvalue weighted by atomic mass is 9.76. The van der Waals surface area contributed by atoms with Gasteiger partial charge in [-0.3, -0.25) is 14.5 Å². The molecule has 0 spiro atoms. The quantitative estimate of drug-likeness (QED) is 0.340. The average Bonchev–Trinajstić information content (AvgIpc) is 3.56. The van der Waals surface area contributed by atoms with Crippen molar-refractivity contribution in [1.29, 1.82) is 0 Å². The molecule has 0 aromatic rings. The number of cyclic esters (lactones) is 1. The Kier molecular flexibility index (Phi) is 11.7. The van der Waals surface area contributed by atoms with E-state index in [-0.39, 0.29) is 47.5 Å². The molecule has 3 heterocycles. The molecule has 2 fully saturated rings. The summed E-state index contributed by atoms with van der Waals surface area (Å²) < 4.78 is 22.9. The fraction of sp³-hybridized carbons (Fsp3) is 0.735. The van der Waals surface area contributed by atoms with E-state index in [2.05, 4.69) is 25.2 Å². The zero-order valence-corrected chi connectivity index (χ0v) is 27.2. The standard InChI is InChI=1S/C34H52N2O8/c1-33(2,3)25-14-9-10-16-29(37)43-19-12-8-6-7-11-18-42-28-15-13-17-34(4)23-35(22-26(28)34)32(40)44-24-20-27(31(39)41-5)36(21-24)30(25)38/h6-7,13,15,17,24-27,32,40H,8-12,14,16,18-23H2,1-5H3. The molecule has 10 nitrogen and oxygen atoms in total. The summed E-state index contributed by atoms with van der Waals surface area (Å²) in [6, 6.07) is -0.790. The summed E-state index contributed by atoms with van der Waals surface area (Å²) in [6.45, 7) is 10.5. The summed E-state index contributed by atoms with van der Waals surface area (Å²) in [4.78, 5) is 42.6. The number of nitrogens with zero attached hydrogens (tertiary/aromatic N) is 2. The maximum Gasteiger partial charge on any atom is 0.328 e. The molecule has 0 saturated carbocycles. The first-order valence-electron chi connectivity index (χ1n) is 16.2. The molecule has 1 aliphatic carbocycles. The third-order valence-electron chi connectivity index (χ3n) is 9.45. The minimum atomic E-state index is -1.19. The van der Waals surface area contributed by atoms with Crippen molar-refractivity contribution in [3.63, 3.8) is 0 Å². The van der Waals surface area contributed by atoms with Crippen LogP contribution in [-0.2, 0) is 33.3 Å². The number of carbonyl (C=O) groups is 3. The molecule has 4 rings (SSSR count). The topological polar surface area (TPSA) is 115 Å². The Balaban J connectivity index is 1.51. The van der Waals surface area contributed by atoms with Gasteiger partial charge in [0, 0.05) is 49.7 Å². The Hall–Kier alpha value is -2.69. The van der Waals surface area contributed by atoms with E-state index in [9.17, 15) is 19.5 Å². The number of fused-ring (bicyclic) bond motifs is 3. The van der Waals surface area contributed by atoms with E-state index in [0.29, 0.717) is 52.0 Å². The Bertz CT molecular complexity index is 1110. The van der Waals surface area contributed by atoms with Gasteiger partial charge in [0.1, 0.15) is 11.8 Å². The van der Waals surface area contributed by atoms with Crippen LogP contribution >= 0.6 is 0 Å². The predicted molar refractivity (Wildman–Crippen MR) is 165 cm³/mol. The number of aliphatic hydroxyl groups is 1. The van der Waals surface area contributed by atoms with Crippen LogP contribution < -0.4 is 0 Å². The number of allylic oxidation sites excluding steroid dienone is 3. The van der Waals surface area contributed by atoms with E-state index in [1.165, 1.54) is 7.11 Å². The van der Waals surface area contributed by atoms with E-state index in [1.54, 1.807) is 4.90 Å². The molecule has 3 aliphatic heterocycles. The fourth-order valence-electron chi connectivity index (χ4n) is 6.88. The highest BCUT2D eigenvalue weighted by Gasteiger charge is 2.49. The smallest absolute Gasteiger partial charge is 0.328 e. The SMILES string of the molecule is COC(=O)C1CC2CN1C(=O)C(C(C)(C)C)CCCCC(=O)OCCCC=CCCOC1=CC=CC3(C)CN(CC13)C(O)O2. The summed E-state index contributed by atoms with van der Waals surface area (Å²) in [7, 11) is 1.32. The second kappa shape index (κ2) is 15.1. The van der Waals surface area contributed by atoms with Crippen molar-refractivity contribution >= 4 is 17.8 Å². The van der Waals surface area contributed by atoms with Crippen LogP contribution in [0, 0.1) is 22.7 Å². The molecule has 4 aliphatic rings. The number of ether oxygens (including phenoxy) is 4. The number of amides is 1.